The maximum atomic E-state index is 10.8. The van der Waals surface area contributed by atoms with Crippen molar-refractivity contribution in [1.29, 1.82) is 0 Å². The van der Waals surface area contributed by atoms with E-state index in [0.29, 0.717) is 6.42 Å². The first-order valence-electron chi connectivity index (χ1n) is 2.95. The van der Waals surface area contributed by atoms with Gasteiger partial charge in [0.1, 0.15) is 5.69 Å². The largest absolute Gasteiger partial charge is 0.357 e. The second kappa shape index (κ2) is 2.51. The predicted molar refractivity (Wildman–Crippen MR) is 34.0 cm³/mol. The molecule has 1 heterocycles. The van der Waals surface area contributed by atoms with Crippen LogP contribution >= 0.6 is 0 Å². The number of Topliss-reactive ketones (excluding diaryl/α,β-unsaturated/α-hetero) is 1. The molecule has 1 N–H and O–H groups in total. The predicted octanol–water partition coefficient (Wildman–Crippen LogP) is 0.561. The molecule has 0 atom stereocenters. The third kappa shape index (κ3) is 1.15. The number of nitrogens with one attached hydrogen (secondary N) is 1. The molecule has 0 unspecified atom stereocenters. The molecule has 0 saturated heterocycles. The lowest BCUT2D eigenvalue weighted by Gasteiger charge is -1.85. The van der Waals surface area contributed by atoms with E-state index < -0.39 is 5.63 Å². The fraction of sp³-hybridized carbons (Fsp3) is 0.333. The Labute approximate surface area is 56.8 Å². The van der Waals surface area contributed by atoms with Gasteiger partial charge in [0.25, 0.3) is 0 Å². The Morgan fingerprint density at radius 2 is 2.50 bits per heavy atom. The molecule has 0 fully saturated rings. The Kier molecular flexibility index (Phi) is 1.71. The van der Waals surface area contributed by atoms with E-state index in [2.05, 4.69) is 9.68 Å². The molecule has 10 heavy (non-hydrogen) atoms. The van der Waals surface area contributed by atoms with Crippen LogP contribution in [0.5, 0.6) is 0 Å². The third-order valence-electron chi connectivity index (χ3n) is 1.15. The number of carbonyl (C=O) groups is 1. The van der Waals surface area contributed by atoms with Gasteiger partial charge in [-0.05, 0) is 0 Å². The van der Waals surface area contributed by atoms with Crippen molar-refractivity contribution in [1.82, 2.24) is 5.16 Å². The zero-order chi connectivity index (χ0) is 7.56. The first kappa shape index (κ1) is 6.80. The molecule has 0 aliphatic rings. The summed E-state index contributed by atoms with van der Waals surface area (Å²) >= 11 is 0. The lowest BCUT2D eigenvalue weighted by Crippen LogP contribution is -1.96. The minimum Gasteiger partial charge on any atom is -0.338 e. The summed E-state index contributed by atoms with van der Waals surface area (Å²) in [4.78, 5) is 21.2. The van der Waals surface area contributed by atoms with Gasteiger partial charge in [-0.25, -0.2) is 9.95 Å². The van der Waals surface area contributed by atoms with Gasteiger partial charge < -0.3 is 4.52 Å². The zero-order valence-electron chi connectivity index (χ0n) is 5.51. The first-order chi connectivity index (χ1) is 4.74. The Bertz CT molecular complexity index is 283. The fourth-order valence-corrected chi connectivity index (χ4v) is 0.610. The lowest BCUT2D eigenvalue weighted by atomic mass is 10.2. The van der Waals surface area contributed by atoms with Gasteiger partial charge in [-0.1, -0.05) is 6.92 Å². The van der Waals surface area contributed by atoms with Crippen LogP contribution in [0.15, 0.2) is 15.4 Å². The van der Waals surface area contributed by atoms with Crippen LogP contribution in [-0.2, 0) is 0 Å². The highest BCUT2D eigenvalue weighted by atomic mass is 16.5. The molecule has 1 aromatic heterocycles. The van der Waals surface area contributed by atoms with Gasteiger partial charge in [0, 0.05) is 6.42 Å². The monoisotopic (exact) mass is 141 g/mol. The van der Waals surface area contributed by atoms with Crippen molar-refractivity contribution in [3.8, 4) is 0 Å². The summed E-state index contributed by atoms with van der Waals surface area (Å²) < 4.78 is 4.29. The number of H-pyrrole nitrogens is 1. The van der Waals surface area contributed by atoms with Crippen LogP contribution in [0.3, 0.4) is 0 Å². The highest BCUT2D eigenvalue weighted by molar-refractivity contribution is 5.93. The van der Waals surface area contributed by atoms with E-state index >= 15 is 0 Å². The van der Waals surface area contributed by atoms with Crippen LogP contribution in [0, 0.1) is 0 Å². The van der Waals surface area contributed by atoms with E-state index in [-0.39, 0.29) is 11.5 Å². The molecule has 54 valence electrons. The molecule has 0 aliphatic heterocycles. The summed E-state index contributed by atoms with van der Waals surface area (Å²) in [6, 6.07) is 1.14. The van der Waals surface area contributed by atoms with Crippen molar-refractivity contribution in [2.45, 2.75) is 13.3 Å². The molecule has 1 aromatic rings. The Morgan fingerprint density at radius 3 is 2.90 bits per heavy atom. The standard InChI is InChI=1S/C6H7NO3/c1-2-5(8)4-3-6(9)10-7-4/h3,7H,2H2,1H3. The Morgan fingerprint density at radius 1 is 1.80 bits per heavy atom. The minimum absolute atomic E-state index is 0.120. The van der Waals surface area contributed by atoms with E-state index in [9.17, 15) is 9.59 Å². The quantitative estimate of drug-likeness (QED) is 0.612. The molecule has 0 aromatic carbocycles. The van der Waals surface area contributed by atoms with E-state index in [1.165, 1.54) is 0 Å². The Hall–Kier alpha value is -1.32. The molecule has 4 heteroatoms. The van der Waals surface area contributed by atoms with Crippen molar-refractivity contribution < 1.29 is 9.32 Å². The molecule has 0 saturated carbocycles. The van der Waals surface area contributed by atoms with E-state index in [1.807, 2.05) is 0 Å². The van der Waals surface area contributed by atoms with Crippen LogP contribution in [0.25, 0.3) is 0 Å². The van der Waals surface area contributed by atoms with Gasteiger partial charge in [0.2, 0.25) is 0 Å². The van der Waals surface area contributed by atoms with Crippen LogP contribution in [-0.4, -0.2) is 10.9 Å². The fourth-order valence-electron chi connectivity index (χ4n) is 0.610. The number of rotatable bonds is 2. The summed E-state index contributed by atoms with van der Waals surface area (Å²) in [6.45, 7) is 1.72. The van der Waals surface area contributed by atoms with Crippen molar-refractivity contribution in [2.24, 2.45) is 0 Å². The van der Waals surface area contributed by atoms with E-state index in [0.717, 1.165) is 6.07 Å². The topological polar surface area (TPSA) is 63.1 Å². The van der Waals surface area contributed by atoms with Crippen molar-refractivity contribution >= 4 is 5.78 Å². The average molecular weight is 141 g/mol. The van der Waals surface area contributed by atoms with Crippen molar-refractivity contribution in [3.05, 3.63) is 22.2 Å². The summed E-state index contributed by atoms with van der Waals surface area (Å²) in [6.07, 6.45) is 0.371. The molecule has 0 aliphatic carbocycles. The number of ketones is 1. The maximum absolute atomic E-state index is 10.8. The average Bonchev–Trinajstić information content (AvgIpc) is 2.34. The zero-order valence-corrected chi connectivity index (χ0v) is 5.51. The molecule has 0 radical (unpaired) electrons. The molecular weight excluding hydrogens is 134 g/mol. The molecule has 0 bridgehead atoms. The molecular formula is C6H7NO3. The van der Waals surface area contributed by atoms with E-state index in [4.69, 9.17) is 0 Å². The molecule has 0 amide bonds. The molecule has 4 nitrogen and oxygen atoms in total. The minimum atomic E-state index is -0.517. The summed E-state index contributed by atoms with van der Waals surface area (Å²) in [5, 5.41) is 2.22. The second-order valence-electron chi connectivity index (χ2n) is 1.86. The summed E-state index contributed by atoms with van der Waals surface area (Å²) in [7, 11) is 0. The van der Waals surface area contributed by atoms with Crippen LogP contribution < -0.4 is 5.63 Å². The summed E-state index contributed by atoms with van der Waals surface area (Å²) in [5.74, 6) is -0.120. The SMILES string of the molecule is CCC(=O)c1cc(=O)o[nH]1. The van der Waals surface area contributed by atoms with Gasteiger partial charge in [0.05, 0.1) is 6.07 Å². The second-order valence-corrected chi connectivity index (χ2v) is 1.86. The highest BCUT2D eigenvalue weighted by Gasteiger charge is 2.05. The molecule has 0 spiro atoms. The third-order valence-corrected chi connectivity index (χ3v) is 1.15. The van der Waals surface area contributed by atoms with Gasteiger partial charge >= 0.3 is 5.63 Å². The number of carbonyl (C=O) groups excluding carboxylic acids is 1. The van der Waals surface area contributed by atoms with Crippen LogP contribution in [0.2, 0.25) is 0 Å². The van der Waals surface area contributed by atoms with E-state index in [1.54, 1.807) is 6.92 Å². The maximum Gasteiger partial charge on any atom is 0.357 e. The van der Waals surface area contributed by atoms with Gasteiger partial charge in [-0.2, -0.15) is 0 Å². The number of aromatic amines is 1. The van der Waals surface area contributed by atoms with Crippen LogP contribution in [0.1, 0.15) is 23.8 Å². The number of hydrogen-bond donors (Lipinski definition) is 1. The first-order valence-corrected chi connectivity index (χ1v) is 2.95. The lowest BCUT2D eigenvalue weighted by molar-refractivity contribution is 0.0979. The van der Waals surface area contributed by atoms with Gasteiger partial charge in [-0.15, -0.1) is 0 Å². The smallest absolute Gasteiger partial charge is 0.338 e. The Balaban J connectivity index is 2.95. The summed E-state index contributed by atoms with van der Waals surface area (Å²) in [5.41, 5.74) is -0.274. The van der Waals surface area contributed by atoms with Crippen molar-refractivity contribution in [3.63, 3.8) is 0 Å². The highest BCUT2D eigenvalue weighted by Crippen LogP contribution is 1.94. The number of aromatic nitrogens is 1. The number of hydrogen-bond acceptors (Lipinski definition) is 3. The van der Waals surface area contributed by atoms with Gasteiger partial charge in [0.15, 0.2) is 5.78 Å². The van der Waals surface area contributed by atoms with Gasteiger partial charge in [-0.3, -0.25) is 4.79 Å². The van der Waals surface area contributed by atoms with Crippen LogP contribution in [0.4, 0.5) is 0 Å². The molecule has 1 rings (SSSR count). The van der Waals surface area contributed by atoms with Crippen molar-refractivity contribution in [2.75, 3.05) is 0 Å². The normalized spacial score (nSPS) is 9.70.